The van der Waals surface area contributed by atoms with Crippen molar-refractivity contribution >= 4 is 45.2 Å². The first-order chi connectivity index (χ1) is 22.5. The van der Waals surface area contributed by atoms with E-state index >= 15 is 0 Å². The topological polar surface area (TPSA) is 131 Å². The van der Waals surface area contributed by atoms with E-state index in [9.17, 15) is 29.4 Å². The lowest BCUT2D eigenvalue weighted by molar-refractivity contribution is -0.134. The van der Waals surface area contributed by atoms with Crippen LogP contribution in [0.15, 0.2) is 72.8 Å². The molecule has 1 atom stereocenters. The Hall–Kier alpha value is -5.37. The molecule has 1 aliphatic rings. The average molecular weight is 644 g/mol. The first kappa shape index (κ1) is 32.6. The SMILES string of the molecule is CC(C)(C)c1cc(CCC(=O)Oc2cccc3ccc(C4C(=O)c5cc6cccc(C(=O)O)c6cc5C4=O)nc23)cc(C(C)(C)C)c1O. The van der Waals surface area contributed by atoms with E-state index in [-0.39, 0.29) is 51.1 Å². The summed E-state index contributed by atoms with van der Waals surface area (Å²) < 4.78 is 5.81. The molecule has 0 aliphatic heterocycles. The number of carbonyl (C=O) groups excluding carboxylic acids is 3. The number of phenolic OH excluding ortho intramolecular Hbond substituents is 1. The van der Waals surface area contributed by atoms with Gasteiger partial charge in [0.25, 0.3) is 0 Å². The number of hydrogen-bond donors (Lipinski definition) is 2. The fourth-order valence-corrected chi connectivity index (χ4v) is 6.40. The third-order valence-corrected chi connectivity index (χ3v) is 8.93. The average Bonchev–Trinajstić information content (AvgIpc) is 3.26. The summed E-state index contributed by atoms with van der Waals surface area (Å²) >= 11 is 0. The quantitative estimate of drug-likeness (QED) is 0.108. The van der Waals surface area contributed by atoms with Crippen molar-refractivity contribution < 1.29 is 34.1 Å². The molecule has 5 aromatic rings. The molecule has 244 valence electrons. The summed E-state index contributed by atoms with van der Waals surface area (Å²) in [4.78, 5) is 56.9. The maximum absolute atomic E-state index is 13.6. The summed E-state index contributed by atoms with van der Waals surface area (Å²) in [6.07, 6.45) is 0.477. The van der Waals surface area contributed by atoms with E-state index in [0.717, 1.165) is 16.7 Å². The monoisotopic (exact) mass is 643 g/mol. The van der Waals surface area contributed by atoms with Crippen LogP contribution in [0.25, 0.3) is 21.7 Å². The number of phenols is 1. The molecule has 8 heteroatoms. The van der Waals surface area contributed by atoms with Crippen molar-refractivity contribution in [2.75, 3.05) is 0 Å². The highest BCUT2D eigenvalue weighted by Crippen LogP contribution is 2.41. The van der Waals surface area contributed by atoms with Gasteiger partial charge >= 0.3 is 11.9 Å². The van der Waals surface area contributed by atoms with Crippen LogP contribution in [0.4, 0.5) is 0 Å². The van der Waals surface area contributed by atoms with Crippen LogP contribution in [0.2, 0.25) is 0 Å². The van der Waals surface area contributed by atoms with Crippen molar-refractivity contribution in [1.29, 1.82) is 0 Å². The Kier molecular flexibility index (Phi) is 7.94. The van der Waals surface area contributed by atoms with Crippen molar-refractivity contribution in [3.8, 4) is 11.5 Å². The predicted molar refractivity (Wildman–Crippen MR) is 184 cm³/mol. The molecule has 0 bridgehead atoms. The summed E-state index contributed by atoms with van der Waals surface area (Å²) in [6, 6.07) is 20.2. The predicted octanol–water partition coefficient (Wildman–Crippen LogP) is 8.09. The van der Waals surface area contributed by atoms with Crippen molar-refractivity contribution in [1.82, 2.24) is 4.98 Å². The minimum absolute atomic E-state index is 0.0454. The summed E-state index contributed by atoms with van der Waals surface area (Å²) in [7, 11) is 0. The lowest BCUT2D eigenvalue weighted by Crippen LogP contribution is -2.18. The number of aromatic carboxylic acids is 1. The molecule has 0 spiro atoms. The van der Waals surface area contributed by atoms with Gasteiger partial charge in [0.1, 0.15) is 17.2 Å². The number of ketones is 2. The van der Waals surface area contributed by atoms with Crippen LogP contribution in [-0.2, 0) is 22.0 Å². The Morgan fingerprint density at radius 2 is 1.40 bits per heavy atom. The Labute approximate surface area is 278 Å². The zero-order valence-electron chi connectivity index (χ0n) is 27.8. The minimum Gasteiger partial charge on any atom is -0.507 e. The number of benzene rings is 4. The lowest BCUT2D eigenvalue weighted by atomic mass is 9.78. The molecule has 1 unspecified atom stereocenters. The summed E-state index contributed by atoms with van der Waals surface area (Å²) in [5, 5.41) is 22.3. The molecular weight excluding hydrogens is 606 g/mol. The van der Waals surface area contributed by atoms with Crippen molar-refractivity contribution in [3.05, 3.63) is 112 Å². The zero-order chi connectivity index (χ0) is 34.7. The van der Waals surface area contributed by atoms with E-state index in [1.807, 2.05) is 53.7 Å². The van der Waals surface area contributed by atoms with Crippen LogP contribution in [0.1, 0.15) is 107 Å². The molecule has 4 aromatic carbocycles. The molecule has 0 saturated heterocycles. The number of aryl methyl sites for hydroxylation is 1. The highest BCUT2D eigenvalue weighted by Gasteiger charge is 2.41. The van der Waals surface area contributed by atoms with Gasteiger partial charge in [0.05, 0.1) is 11.3 Å². The number of hydrogen-bond acceptors (Lipinski definition) is 7. The molecule has 1 aliphatic carbocycles. The second kappa shape index (κ2) is 11.7. The van der Waals surface area contributed by atoms with Crippen LogP contribution >= 0.6 is 0 Å². The summed E-state index contributed by atoms with van der Waals surface area (Å²) in [5.74, 6) is -3.20. The Bertz CT molecular complexity index is 2150. The number of aromatic hydroxyl groups is 1. The maximum Gasteiger partial charge on any atom is 0.336 e. The molecule has 0 radical (unpaired) electrons. The van der Waals surface area contributed by atoms with E-state index in [0.29, 0.717) is 28.1 Å². The van der Waals surface area contributed by atoms with Gasteiger partial charge in [-0.15, -0.1) is 0 Å². The fraction of sp³-hybridized carbons (Fsp3) is 0.275. The van der Waals surface area contributed by atoms with Gasteiger partial charge in [0.2, 0.25) is 0 Å². The van der Waals surface area contributed by atoms with Gasteiger partial charge in [-0.3, -0.25) is 14.4 Å². The molecular formula is C40H37NO7. The molecule has 0 fully saturated rings. The first-order valence-corrected chi connectivity index (χ1v) is 15.9. The van der Waals surface area contributed by atoms with Gasteiger partial charge in [0, 0.05) is 22.9 Å². The van der Waals surface area contributed by atoms with Crippen LogP contribution in [0, 0.1) is 0 Å². The summed E-state index contributed by atoms with van der Waals surface area (Å²) in [6.45, 7) is 12.2. The van der Waals surface area contributed by atoms with Crippen LogP contribution < -0.4 is 4.74 Å². The number of carboxylic acids is 1. The number of rotatable bonds is 6. The number of ether oxygens (including phenoxy) is 1. The van der Waals surface area contributed by atoms with Crippen LogP contribution in [-0.4, -0.2) is 38.7 Å². The number of carbonyl (C=O) groups is 4. The number of esters is 1. The molecule has 1 heterocycles. The first-order valence-electron chi connectivity index (χ1n) is 15.9. The summed E-state index contributed by atoms with van der Waals surface area (Å²) in [5.41, 5.74) is 2.93. The molecule has 1 aromatic heterocycles. The second-order valence-electron chi connectivity index (χ2n) is 14.5. The fourth-order valence-electron chi connectivity index (χ4n) is 6.40. The zero-order valence-corrected chi connectivity index (χ0v) is 27.8. The van der Waals surface area contributed by atoms with Gasteiger partial charge in [-0.05, 0) is 75.0 Å². The third-order valence-electron chi connectivity index (χ3n) is 8.93. The van der Waals surface area contributed by atoms with Crippen LogP contribution in [0.3, 0.4) is 0 Å². The maximum atomic E-state index is 13.6. The largest absolute Gasteiger partial charge is 0.507 e. The van der Waals surface area contributed by atoms with Crippen molar-refractivity contribution in [2.24, 2.45) is 0 Å². The molecule has 0 saturated carbocycles. The standard InChI is InChI=1S/C40H37NO7/c1-39(2,3)28-17-21(18-29(37(28)45)40(4,5)6)13-16-32(42)48-31-12-8-9-22-14-15-30(41-34(22)31)33-35(43)26-19-23-10-7-11-24(38(46)47)25(23)20-27(26)36(33)44/h7-12,14-15,17-20,33,45H,13,16H2,1-6H3,(H,46,47). The third kappa shape index (κ3) is 5.83. The highest BCUT2D eigenvalue weighted by molar-refractivity contribution is 6.31. The number of para-hydroxylation sites is 1. The second-order valence-corrected chi connectivity index (χ2v) is 14.5. The van der Waals surface area contributed by atoms with E-state index in [1.54, 1.807) is 48.5 Å². The number of pyridine rings is 1. The van der Waals surface area contributed by atoms with Gasteiger partial charge in [-0.1, -0.05) is 84.0 Å². The molecule has 0 amide bonds. The minimum atomic E-state index is -1.21. The number of carboxylic acid groups (broad SMARTS) is 1. The van der Waals surface area contributed by atoms with Gasteiger partial charge in [0.15, 0.2) is 17.3 Å². The van der Waals surface area contributed by atoms with E-state index in [4.69, 9.17) is 4.74 Å². The normalized spacial score (nSPS) is 14.8. The molecule has 6 rings (SSSR count). The number of nitrogens with zero attached hydrogens (tertiary/aromatic N) is 1. The smallest absolute Gasteiger partial charge is 0.336 e. The molecule has 48 heavy (non-hydrogen) atoms. The molecule has 2 N–H and O–H groups in total. The van der Waals surface area contributed by atoms with Gasteiger partial charge in [-0.25, -0.2) is 9.78 Å². The number of Topliss-reactive ketones (excluding diaryl/α,β-unsaturated/α-hetero) is 2. The Balaban J connectivity index is 1.27. The van der Waals surface area contributed by atoms with Crippen molar-refractivity contribution in [3.63, 3.8) is 0 Å². The number of fused-ring (bicyclic) bond motifs is 3. The van der Waals surface area contributed by atoms with E-state index in [2.05, 4.69) is 4.98 Å². The Morgan fingerprint density at radius 1 is 0.792 bits per heavy atom. The van der Waals surface area contributed by atoms with Gasteiger partial charge < -0.3 is 14.9 Å². The highest BCUT2D eigenvalue weighted by atomic mass is 16.5. The number of aromatic nitrogens is 1. The van der Waals surface area contributed by atoms with Crippen LogP contribution in [0.5, 0.6) is 11.5 Å². The van der Waals surface area contributed by atoms with Gasteiger partial charge in [-0.2, -0.15) is 0 Å². The lowest BCUT2D eigenvalue weighted by Gasteiger charge is -2.28. The molecule has 8 nitrogen and oxygen atoms in total. The Morgan fingerprint density at radius 3 is 2.02 bits per heavy atom. The van der Waals surface area contributed by atoms with Crippen molar-refractivity contribution in [2.45, 2.75) is 71.1 Å². The van der Waals surface area contributed by atoms with E-state index < -0.39 is 29.4 Å². The van der Waals surface area contributed by atoms with E-state index in [1.165, 1.54) is 12.1 Å².